The maximum atomic E-state index is 12.5. The number of benzene rings is 1. The van der Waals surface area contributed by atoms with Crippen molar-refractivity contribution in [2.24, 2.45) is 0 Å². The summed E-state index contributed by atoms with van der Waals surface area (Å²) in [4.78, 5) is 14.5. The molecule has 1 aromatic carbocycles. The van der Waals surface area contributed by atoms with Crippen molar-refractivity contribution in [3.05, 3.63) is 42.1 Å². The molecule has 0 aliphatic carbocycles. The maximum absolute atomic E-state index is 12.5. The van der Waals surface area contributed by atoms with Crippen molar-refractivity contribution >= 4 is 23.5 Å². The van der Waals surface area contributed by atoms with Crippen molar-refractivity contribution in [2.45, 2.75) is 25.4 Å². The summed E-state index contributed by atoms with van der Waals surface area (Å²) in [5.74, 6) is 3.16. The third kappa shape index (κ3) is 4.51. The van der Waals surface area contributed by atoms with Crippen LogP contribution in [0.4, 0.5) is 5.82 Å². The number of aromatic nitrogens is 2. The van der Waals surface area contributed by atoms with Crippen LogP contribution in [0.15, 0.2) is 36.4 Å². The summed E-state index contributed by atoms with van der Waals surface area (Å²) >= 11 is 1.83. The van der Waals surface area contributed by atoms with E-state index in [1.54, 1.807) is 0 Å². The van der Waals surface area contributed by atoms with Gasteiger partial charge in [-0.2, -0.15) is 5.10 Å². The molecule has 2 atom stereocenters. The summed E-state index contributed by atoms with van der Waals surface area (Å²) in [6.45, 7) is 5.38. The van der Waals surface area contributed by atoms with E-state index in [0.717, 1.165) is 61.4 Å². The number of rotatable bonds is 7. The molecular weight excluding hydrogens is 372 g/mol. The number of hydrogen-bond acceptors (Lipinski definition) is 6. The van der Waals surface area contributed by atoms with Crippen molar-refractivity contribution in [1.82, 2.24) is 25.3 Å². The van der Waals surface area contributed by atoms with Gasteiger partial charge >= 0.3 is 0 Å². The molecular formula is C20H28N6OS. The number of carbonyl (C=O) groups excluding carboxylic acids is 1. The van der Waals surface area contributed by atoms with Crippen molar-refractivity contribution < 1.29 is 4.79 Å². The Morgan fingerprint density at radius 1 is 1.32 bits per heavy atom. The smallest absolute Gasteiger partial charge is 0.240 e. The molecule has 0 spiro atoms. The predicted molar refractivity (Wildman–Crippen MR) is 114 cm³/mol. The highest BCUT2D eigenvalue weighted by molar-refractivity contribution is 7.99. The fourth-order valence-corrected chi connectivity index (χ4v) is 4.70. The molecule has 1 amide bonds. The summed E-state index contributed by atoms with van der Waals surface area (Å²) in [6.07, 6.45) is 0.862. The van der Waals surface area contributed by atoms with Crippen molar-refractivity contribution in [3.63, 3.8) is 0 Å². The van der Waals surface area contributed by atoms with Crippen molar-refractivity contribution in [1.29, 1.82) is 0 Å². The molecule has 4 rings (SSSR count). The van der Waals surface area contributed by atoms with Crippen LogP contribution in [0.25, 0.3) is 5.69 Å². The number of amides is 1. The zero-order chi connectivity index (χ0) is 19.3. The van der Waals surface area contributed by atoms with Gasteiger partial charge in [0.15, 0.2) is 0 Å². The quantitative estimate of drug-likeness (QED) is 0.611. The van der Waals surface area contributed by atoms with Crippen LogP contribution in [-0.2, 0) is 4.79 Å². The second-order valence-electron chi connectivity index (χ2n) is 7.33. The van der Waals surface area contributed by atoms with Crippen molar-refractivity contribution in [3.8, 4) is 5.69 Å². The SMILES string of the molecule is Cc1cc(NCCN[C@@H]2CN[C@H](C(=O)N3CCSC3)C2)n(-c2ccccc2)n1. The molecule has 3 N–H and O–H groups in total. The lowest BCUT2D eigenvalue weighted by molar-refractivity contribution is -0.131. The average molecular weight is 401 g/mol. The van der Waals surface area contributed by atoms with Crippen LogP contribution < -0.4 is 16.0 Å². The van der Waals surface area contributed by atoms with Gasteiger partial charge in [0, 0.05) is 44.0 Å². The molecule has 2 fully saturated rings. The van der Waals surface area contributed by atoms with E-state index in [9.17, 15) is 4.79 Å². The molecule has 2 aliphatic heterocycles. The highest BCUT2D eigenvalue weighted by Crippen LogP contribution is 2.18. The minimum absolute atomic E-state index is 0.0358. The first-order valence-electron chi connectivity index (χ1n) is 9.90. The number of para-hydroxylation sites is 1. The Kier molecular flexibility index (Phi) is 6.19. The van der Waals surface area contributed by atoms with Crippen LogP contribution in [0.2, 0.25) is 0 Å². The Morgan fingerprint density at radius 3 is 2.96 bits per heavy atom. The fourth-order valence-electron chi connectivity index (χ4n) is 3.75. The van der Waals surface area contributed by atoms with Gasteiger partial charge in [0.2, 0.25) is 5.91 Å². The summed E-state index contributed by atoms with van der Waals surface area (Å²) in [6, 6.07) is 12.5. The lowest BCUT2D eigenvalue weighted by Crippen LogP contribution is -2.42. The summed E-state index contributed by atoms with van der Waals surface area (Å²) < 4.78 is 1.94. The van der Waals surface area contributed by atoms with Crippen LogP contribution in [-0.4, -0.2) is 70.5 Å². The van der Waals surface area contributed by atoms with Gasteiger partial charge in [-0.15, -0.1) is 11.8 Å². The Balaban J connectivity index is 1.23. The highest BCUT2D eigenvalue weighted by Gasteiger charge is 2.32. The van der Waals surface area contributed by atoms with Gasteiger partial charge in [-0.05, 0) is 25.5 Å². The van der Waals surface area contributed by atoms with E-state index in [2.05, 4.69) is 39.2 Å². The van der Waals surface area contributed by atoms with Crippen molar-refractivity contribution in [2.75, 3.05) is 43.1 Å². The molecule has 0 radical (unpaired) electrons. The molecule has 2 aliphatic rings. The van der Waals surface area contributed by atoms with Crippen LogP contribution in [0.3, 0.4) is 0 Å². The van der Waals surface area contributed by atoms with Crippen LogP contribution in [0.1, 0.15) is 12.1 Å². The molecule has 0 unspecified atom stereocenters. The van der Waals surface area contributed by atoms with E-state index < -0.39 is 0 Å². The minimum Gasteiger partial charge on any atom is -0.369 e. The first-order valence-corrected chi connectivity index (χ1v) is 11.1. The average Bonchev–Trinajstić information content (AvgIpc) is 3.46. The summed E-state index contributed by atoms with van der Waals surface area (Å²) in [5.41, 5.74) is 2.04. The normalized spacial score (nSPS) is 22.0. The van der Waals surface area contributed by atoms with Gasteiger partial charge in [-0.25, -0.2) is 4.68 Å². The first-order chi connectivity index (χ1) is 13.7. The zero-order valence-electron chi connectivity index (χ0n) is 16.2. The van der Waals surface area contributed by atoms with E-state index in [4.69, 9.17) is 0 Å². The number of hydrogen-bond donors (Lipinski definition) is 3. The number of carbonyl (C=O) groups is 1. The third-order valence-corrected chi connectivity index (χ3v) is 6.16. The number of aryl methyl sites for hydroxylation is 1. The number of anilines is 1. The second kappa shape index (κ2) is 8.98. The molecule has 3 heterocycles. The lowest BCUT2D eigenvalue weighted by atomic mass is 10.1. The predicted octanol–water partition coefficient (Wildman–Crippen LogP) is 1.45. The second-order valence-corrected chi connectivity index (χ2v) is 8.41. The standard InChI is InChI=1S/C20H28N6OS/c1-15-11-19(26(24-15)17-5-3-2-4-6-17)22-8-7-21-16-12-18(23-13-16)20(27)25-9-10-28-14-25/h2-6,11,16,18,21-23H,7-10,12-14H2,1H3/t16-,18-/m0/s1. The Morgan fingerprint density at radius 2 is 2.18 bits per heavy atom. The fraction of sp³-hybridized carbons (Fsp3) is 0.500. The molecule has 1 aromatic heterocycles. The molecule has 150 valence electrons. The first kappa shape index (κ1) is 19.3. The molecule has 28 heavy (non-hydrogen) atoms. The summed E-state index contributed by atoms with van der Waals surface area (Å²) in [5, 5.41) is 15.0. The number of nitrogens with zero attached hydrogens (tertiary/aromatic N) is 3. The topological polar surface area (TPSA) is 74.2 Å². The van der Waals surface area contributed by atoms with Crippen LogP contribution in [0.5, 0.6) is 0 Å². The summed E-state index contributed by atoms with van der Waals surface area (Å²) in [7, 11) is 0. The highest BCUT2D eigenvalue weighted by atomic mass is 32.2. The zero-order valence-corrected chi connectivity index (χ0v) is 17.0. The molecule has 7 nitrogen and oxygen atoms in total. The van der Waals surface area contributed by atoms with Gasteiger partial charge in [0.05, 0.1) is 23.3 Å². The monoisotopic (exact) mass is 400 g/mol. The van der Waals surface area contributed by atoms with Gasteiger partial charge < -0.3 is 20.9 Å². The van der Waals surface area contributed by atoms with Gasteiger partial charge in [0.1, 0.15) is 5.82 Å². The van der Waals surface area contributed by atoms with E-state index in [0.29, 0.717) is 6.04 Å². The number of thioether (sulfide) groups is 1. The maximum Gasteiger partial charge on any atom is 0.240 e. The van der Waals surface area contributed by atoms with Crippen LogP contribution in [0, 0.1) is 6.92 Å². The van der Waals surface area contributed by atoms with Gasteiger partial charge in [0.25, 0.3) is 0 Å². The third-order valence-electron chi connectivity index (χ3n) is 5.19. The van der Waals surface area contributed by atoms with Gasteiger partial charge in [-0.3, -0.25) is 4.79 Å². The molecule has 2 saturated heterocycles. The Bertz CT molecular complexity index is 789. The van der Waals surface area contributed by atoms with Crippen LogP contribution >= 0.6 is 11.8 Å². The molecule has 0 saturated carbocycles. The Hall–Kier alpha value is -2.03. The van der Waals surface area contributed by atoms with E-state index >= 15 is 0 Å². The van der Waals surface area contributed by atoms with E-state index in [1.807, 2.05) is 46.5 Å². The van der Waals surface area contributed by atoms with E-state index in [-0.39, 0.29) is 11.9 Å². The molecule has 0 bridgehead atoms. The minimum atomic E-state index is -0.0358. The molecule has 2 aromatic rings. The lowest BCUT2D eigenvalue weighted by Gasteiger charge is -2.19. The molecule has 8 heteroatoms. The van der Waals surface area contributed by atoms with Gasteiger partial charge in [-0.1, -0.05) is 18.2 Å². The number of nitrogens with one attached hydrogen (secondary N) is 3. The Labute approximate surface area is 170 Å². The largest absolute Gasteiger partial charge is 0.369 e. The van der Waals surface area contributed by atoms with E-state index in [1.165, 1.54) is 0 Å².